The van der Waals surface area contributed by atoms with Gasteiger partial charge in [-0.15, -0.1) is 0 Å². The van der Waals surface area contributed by atoms with Crippen molar-refractivity contribution < 1.29 is 9.26 Å². The maximum absolute atomic E-state index is 5.75. The first kappa shape index (κ1) is 17.0. The van der Waals surface area contributed by atoms with Crippen LogP contribution in [0.2, 0.25) is 0 Å². The second-order valence-electron chi connectivity index (χ2n) is 6.37. The molecule has 3 rings (SSSR count). The van der Waals surface area contributed by atoms with Gasteiger partial charge in [-0.25, -0.2) is 0 Å². The first-order chi connectivity index (χ1) is 11.8. The number of hydrogen-bond acceptors (Lipinski definition) is 5. The van der Waals surface area contributed by atoms with Gasteiger partial charge in [0, 0.05) is 51.1 Å². The molecule has 2 aromatic rings. The molecule has 0 saturated carbocycles. The van der Waals surface area contributed by atoms with Gasteiger partial charge in [0.25, 0.3) is 0 Å². The largest absolute Gasteiger partial charge is 0.380 e. The second kappa shape index (κ2) is 8.85. The molecule has 5 heteroatoms. The van der Waals surface area contributed by atoms with Crippen molar-refractivity contribution in [1.82, 2.24) is 10.1 Å². The van der Waals surface area contributed by atoms with Gasteiger partial charge in [-0.1, -0.05) is 22.9 Å². The molecule has 5 nitrogen and oxygen atoms in total. The Kier molecular flexibility index (Phi) is 6.26. The fourth-order valence-electron chi connectivity index (χ4n) is 3.00. The molecule has 1 aromatic heterocycles. The Morgan fingerprint density at radius 1 is 1.04 bits per heavy atom. The molecule has 0 amide bonds. The highest BCUT2D eigenvalue weighted by atomic mass is 16.5. The maximum Gasteiger partial charge on any atom is 0.124 e. The molecule has 130 valence electrons. The topological polar surface area (TPSA) is 41.7 Å². The highest BCUT2D eigenvalue weighted by Crippen LogP contribution is 2.16. The molecule has 0 radical (unpaired) electrons. The number of benzene rings is 1. The molecule has 0 aliphatic carbocycles. The second-order valence-corrected chi connectivity index (χ2v) is 6.37. The third kappa shape index (κ3) is 5.08. The number of anilines is 1. The maximum atomic E-state index is 5.75. The number of aryl methyl sites for hydroxylation is 2. The van der Waals surface area contributed by atoms with Gasteiger partial charge in [0.05, 0.1) is 12.3 Å². The van der Waals surface area contributed by atoms with E-state index in [-0.39, 0.29) is 0 Å². The Hall–Kier alpha value is -1.85. The van der Waals surface area contributed by atoms with E-state index in [1.54, 1.807) is 6.26 Å². The smallest absolute Gasteiger partial charge is 0.124 e. The molecule has 0 spiro atoms. The minimum Gasteiger partial charge on any atom is -0.380 e. The Morgan fingerprint density at radius 3 is 2.54 bits per heavy atom. The summed E-state index contributed by atoms with van der Waals surface area (Å²) in [6.07, 6.45) is 3.53. The van der Waals surface area contributed by atoms with Gasteiger partial charge in [0.15, 0.2) is 0 Å². The van der Waals surface area contributed by atoms with Crippen molar-refractivity contribution in [3.05, 3.63) is 47.9 Å². The summed E-state index contributed by atoms with van der Waals surface area (Å²) < 4.78 is 10.6. The van der Waals surface area contributed by atoms with E-state index in [1.807, 2.05) is 6.07 Å². The van der Waals surface area contributed by atoms with Crippen LogP contribution >= 0.6 is 0 Å². The third-order valence-corrected chi connectivity index (χ3v) is 4.54. The van der Waals surface area contributed by atoms with Gasteiger partial charge >= 0.3 is 0 Å². The molecule has 0 N–H and O–H groups in total. The molecule has 2 heterocycles. The minimum absolute atomic E-state index is 0.788. The molecule has 0 atom stereocenters. The number of piperazine rings is 1. The molecule has 1 saturated heterocycles. The van der Waals surface area contributed by atoms with Crippen molar-refractivity contribution in [2.24, 2.45) is 0 Å². The summed E-state index contributed by atoms with van der Waals surface area (Å²) in [4.78, 5) is 4.96. The fourth-order valence-corrected chi connectivity index (χ4v) is 3.00. The first-order valence-corrected chi connectivity index (χ1v) is 8.82. The van der Waals surface area contributed by atoms with E-state index < -0.39 is 0 Å². The van der Waals surface area contributed by atoms with Gasteiger partial charge in [-0.05, 0) is 31.9 Å². The van der Waals surface area contributed by atoms with Crippen molar-refractivity contribution in [3.63, 3.8) is 0 Å². The zero-order valence-corrected chi connectivity index (χ0v) is 14.5. The van der Waals surface area contributed by atoms with Crippen LogP contribution in [0.5, 0.6) is 0 Å². The third-order valence-electron chi connectivity index (χ3n) is 4.54. The van der Waals surface area contributed by atoms with Crippen molar-refractivity contribution in [1.29, 1.82) is 0 Å². The summed E-state index contributed by atoms with van der Waals surface area (Å²) in [6, 6.07) is 10.7. The monoisotopic (exact) mass is 329 g/mol. The number of aromatic nitrogens is 1. The average Bonchev–Trinajstić information content (AvgIpc) is 3.13. The zero-order valence-electron chi connectivity index (χ0n) is 14.5. The van der Waals surface area contributed by atoms with Crippen LogP contribution < -0.4 is 4.90 Å². The summed E-state index contributed by atoms with van der Waals surface area (Å²) in [6.45, 7) is 9.15. The van der Waals surface area contributed by atoms with Crippen LogP contribution in [0.25, 0.3) is 0 Å². The van der Waals surface area contributed by atoms with Crippen LogP contribution in [0.1, 0.15) is 17.7 Å². The molecule has 0 unspecified atom stereocenters. The lowest BCUT2D eigenvalue weighted by Gasteiger charge is -2.36. The summed E-state index contributed by atoms with van der Waals surface area (Å²) in [5.74, 6) is 0. The van der Waals surface area contributed by atoms with Crippen LogP contribution in [-0.4, -0.2) is 56.0 Å². The zero-order chi connectivity index (χ0) is 16.6. The lowest BCUT2D eigenvalue weighted by atomic mass is 10.2. The molecule has 24 heavy (non-hydrogen) atoms. The van der Waals surface area contributed by atoms with E-state index in [9.17, 15) is 0 Å². The van der Waals surface area contributed by atoms with Gasteiger partial charge in [0.2, 0.25) is 0 Å². The van der Waals surface area contributed by atoms with E-state index in [0.29, 0.717) is 0 Å². The van der Waals surface area contributed by atoms with Crippen LogP contribution in [0, 0.1) is 6.92 Å². The SMILES string of the molecule is Cc1ccc(N2CCN(CCOCCCc3ccon3)CC2)cc1. The predicted molar refractivity (Wildman–Crippen MR) is 95.5 cm³/mol. The number of nitrogens with zero attached hydrogens (tertiary/aromatic N) is 3. The highest BCUT2D eigenvalue weighted by Gasteiger charge is 2.16. The number of ether oxygens (including phenoxy) is 1. The Morgan fingerprint density at radius 2 is 1.83 bits per heavy atom. The summed E-state index contributed by atoms with van der Waals surface area (Å²) in [5, 5.41) is 3.90. The van der Waals surface area contributed by atoms with Gasteiger partial charge in [-0.2, -0.15) is 0 Å². The Bertz CT molecular complexity index is 575. The lowest BCUT2D eigenvalue weighted by molar-refractivity contribution is 0.0997. The quantitative estimate of drug-likeness (QED) is 0.697. The van der Waals surface area contributed by atoms with E-state index in [0.717, 1.165) is 64.5 Å². The molecule has 1 aromatic carbocycles. The average molecular weight is 329 g/mol. The van der Waals surface area contributed by atoms with E-state index in [1.165, 1.54) is 11.3 Å². The van der Waals surface area contributed by atoms with Crippen LogP contribution in [0.15, 0.2) is 41.1 Å². The highest BCUT2D eigenvalue weighted by molar-refractivity contribution is 5.47. The number of hydrogen-bond donors (Lipinski definition) is 0. The summed E-state index contributed by atoms with van der Waals surface area (Å²) >= 11 is 0. The molecule has 1 fully saturated rings. The molecule has 1 aliphatic heterocycles. The normalized spacial score (nSPS) is 15.8. The van der Waals surface area contributed by atoms with Crippen molar-refractivity contribution in [3.8, 4) is 0 Å². The van der Waals surface area contributed by atoms with E-state index in [2.05, 4.69) is 46.1 Å². The first-order valence-electron chi connectivity index (χ1n) is 8.82. The summed E-state index contributed by atoms with van der Waals surface area (Å²) in [5.41, 5.74) is 3.66. The van der Waals surface area contributed by atoms with Gasteiger partial charge < -0.3 is 14.2 Å². The van der Waals surface area contributed by atoms with Crippen molar-refractivity contribution in [2.45, 2.75) is 19.8 Å². The van der Waals surface area contributed by atoms with E-state index in [4.69, 9.17) is 9.26 Å². The lowest BCUT2D eigenvalue weighted by Crippen LogP contribution is -2.47. The molecular weight excluding hydrogens is 302 g/mol. The van der Waals surface area contributed by atoms with Crippen molar-refractivity contribution >= 4 is 5.69 Å². The molecule has 1 aliphatic rings. The van der Waals surface area contributed by atoms with Gasteiger partial charge in [-0.3, -0.25) is 4.90 Å². The van der Waals surface area contributed by atoms with E-state index >= 15 is 0 Å². The fraction of sp³-hybridized carbons (Fsp3) is 0.526. The summed E-state index contributed by atoms with van der Waals surface area (Å²) in [7, 11) is 0. The number of rotatable bonds is 8. The minimum atomic E-state index is 0.788. The molecule has 0 bridgehead atoms. The Labute approximate surface area is 144 Å². The van der Waals surface area contributed by atoms with Crippen LogP contribution in [0.4, 0.5) is 5.69 Å². The van der Waals surface area contributed by atoms with Crippen LogP contribution in [0.3, 0.4) is 0 Å². The standard InChI is InChI=1S/C19H27N3O2/c1-17-4-6-19(7-5-17)22-11-9-21(10-12-22)13-16-23-14-2-3-18-8-15-24-20-18/h4-8,15H,2-3,9-14,16H2,1H3. The molecular formula is C19H27N3O2. The Balaban J connectivity index is 1.26. The van der Waals surface area contributed by atoms with Crippen LogP contribution in [-0.2, 0) is 11.2 Å². The van der Waals surface area contributed by atoms with Crippen molar-refractivity contribution in [2.75, 3.05) is 50.8 Å². The predicted octanol–water partition coefficient (Wildman–Crippen LogP) is 2.75. The van der Waals surface area contributed by atoms with Gasteiger partial charge in [0.1, 0.15) is 6.26 Å².